The van der Waals surface area contributed by atoms with E-state index < -0.39 is 0 Å². The number of hydrogen-bond donors (Lipinski definition) is 0. The average molecular weight is 248 g/mol. The Morgan fingerprint density at radius 1 is 0.842 bits per heavy atom. The highest BCUT2D eigenvalue weighted by atomic mass is 16.5. The summed E-state index contributed by atoms with van der Waals surface area (Å²) < 4.78 is 5.76. The van der Waals surface area contributed by atoms with Crippen LogP contribution in [0, 0.1) is 0 Å². The number of fused-ring (bicyclic) bond motifs is 5. The van der Waals surface area contributed by atoms with E-state index in [0.717, 1.165) is 16.7 Å². The number of carbonyl (C=O) groups is 1. The molecule has 0 radical (unpaired) electrons. The van der Waals surface area contributed by atoms with Crippen LogP contribution in [0.1, 0.15) is 39.3 Å². The number of ether oxygens (including phenoxy) is 1. The smallest absolute Gasteiger partial charge is 0.193 e. The predicted molar refractivity (Wildman–Crippen MR) is 72.0 cm³/mol. The van der Waals surface area contributed by atoms with Crippen LogP contribution in [0.3, 0.4) is 0 Å². The summed E-state index contributed by atoms with van der Waals surface area (Å²) in [7, 11) is 0. The summed E-state index contributed by atoms with van der Waals surface area (Å²) in [5.74, 6) is 0.0650. The molecule has 2 aromatic carbocycles. The van der Waals surface area contributed by atoms with Crippen molar-refractivity contribution in [2.45, 2.75) is 12.2 Å². The SMILES string of the molecule is O=C(c1ccccc1)c1ccc2c(c1)C1C=CC2O1. The zero-order valence-corrected chi connectivity index (χ0v) is 10.2. The monoisotopic (exact) mass is 248 g/mol. The lowest BCUT2D eigenvalue weighted by molar-refractivity contribution is 0.0878. The highest BCUT2D eigenvalue weighted by Gasteiger charge is 2.33. The molecule has 0 aromatic heterocycles. The van der Waals surface area contributed by atoms with Gasteiger partial charge in [0.25, 0.3) is 0 Å². The minimum Gasteiger partial charge on any atom is -0.357 e. The third kappa shape index (κ3) is 1.57. The lowest BCUT2D eigenvalue weighted by Crippen LogP contribution is -2.03. The van der Waals surface area contributed by atoms with Crippen molar-refractivity contribution >= 4 is 5.78 Å². The lowest BCUT2D eigenvalue weighted by Gasteiger charge is -2.09. The second kappa shape index (κ2) is 3.90. The number of rotatable bonds is 2. The largest absolute Gasteiger partial charge is 0.357 e. The highest BCUT2D eigenvalue weighted by molar-refractivity contribution is 6.09. The molecule has 0 aliphatic carbocycles. The van der Waals surface area contributed by atoms with Crippen LogP contribution in [0.2, 0.25) is 0 Å². The second-order valence-electron chi connectivity index (χ2n) is 4.90. The van der Waals surface area contributed by atoms with Gasteiger partial charge in [0, 0.05) is 11.1 Å². The van der Waals surface area contributed by atoms with Gasteiger partial charge in [0.15, 0.2) is 5.78 Å². The molecule has 4 rings (SSSR count). The van der Waals surface area contributed by atoms with Gasteiger partial charge in [-0.15, -0.1) is 0 Å². The molecule has 2 heteroatoms. The quantitative estimate of drug-likeness (QED) is 0.599. The first-order chi connectivity index (χ1) is 9.33. The Morgan fingerprint density at radius 3 is 2.37 bits per heavy atom. The molecule has 2 unspecified atom stereocenters. The molecule has 0 saturated heterocycles. The van der Waals surface area contributed by atoms with Crippen LogP contribution >= 0.6 is 0 Å². The van der Waals surface area contributed by atoms with Gasteiger partial charge in [-0.3, -0.25) is 4.79 Å². The normalized spacial score (nSPS) is 22.5. The second-order valence-corrected chi connectivity index (χ2v) is 4.90. The van der Waals surface area contributed by atoms with Crippen LogP contribution in [-0.4, -0.2) is 5.78 Å². The third-order valence-electron chi connectivity index (χ3n) is 3.75. The van der Waals surface area contributed by atoms with E-state index in [4.69, 9.17) is 4.74 Å². The minimum atomic E-state index is 0.0310. The molecular formula is C17H12O2. The van der Waals surface area contributed by atoms with Crippen molar-refractivity contribution in [3.05, 3.63) is 82.9 Å². The predicted octanol–water partition coefficient (Wildman–Crippen LogP) is 3.60. The Kier molecular flexibility index (Phi) is 2.20. The minimum absolute atomic E-state index is 0.0310. The van der Waals surface area contributed by atoms with Gasteiger partial charge in [-0.1, -0.05) is 54.6 Å². The van der Waals surface area contributed by atoms with Gasteiger partial charge in [0.1, 0.15) is 12.2 Å². The first-order valence-corrected chi connectivity index (χ1v) is 6.40. The van der Waals surface area contributed by atoms with Crippen LogP contribution in [-0.2, 0) is 4.74 Å². The van der Waals surface area contributed by atoms with Crippen molar-refractivity contribution in [1.29, 1.82) is 0 Å². The molecule has 0 fully saturated rings. The number of hydrogen-bond acceptors (Lipinski definition) is 2. The molecule has 19 heavy (non-hydrogen) atoms. The average Bonchev–Trinajstić information content (AvgIpc) is 3.09. The van der Waals surface area contributed by atoms with Gasteiger partial charge < -0.3 is 4.74 Å². The molecule has 2 aliphatic heterocycles. The molecular weight excluding hydrogens is 236 g/mol. The molecule has 2 aromatic rings. The molecule has 92 valence electrons. The summed E-state index contributed by atoms with van der Waals surface area (Å²) in [6.07, 6.45) is 4.25. The first-order valence-electron chi connectivity index (χ1n) is 6.40. The third-order valence-corrected chi connectivity index (χ3v) is 3.75. The number of benzene rings is 2. The standard InChI is InChI=1S/C17H12O2/c18-17(11-4-2-1-3-5-11)12-6-7-13-14(10-12)16-9-8-15(13)19-16/h1-10,15-16H. The topological polar surface area (TPSA) is 26.3 Å². The van der Waals surface area contributed by atoms with Crippen molar-refractivity contribution in [3.8, 4) is 0 Å². The van der Waals surface area contributed by atoms with Gasteiger partial charge in [-0.25, -0.2) is 0 Å². The molecule has 2 aliphatic rings. The molecule has 0 saturated carbocycles. The molecule has 2 bridgehead atoms. The van der Waals surface area contributed by atoms with Gasteiger partial charge in [-0.05, 0) is 17.2 Å². The van der Waals surface area contributed by atoms with E-state index in [9.17, 15) is 4.79 Å². The Labute approximate surface area is 111 Å². The molecule has 2 heterocycles. The zero-order chi connectivity index (χ0) is 12.8. The van der Waals surface area contributed by atoms with Gasteiger partial charge in [0.2, 0.25) is 0 Å². The summed E-state index contributed by atoms with van der Waals surface area (Å²) in [4.78, 5) is 12.4. The van der Waals surface area contributed by atoms with Crippen molar-refractivity contribution < 1.29 is 9.53 Å². The van der Waals surface area contributed by atoms with E-state index >= 15 is 0 Å². The van der Waals surface area contributed by atoms with Crippen LogP contribution in [0.25, 0.3) is 0 Å². The Bertz CT molecular complexity index is 686. The summed E-state index contributed by atoms with van der Waals surface area (Å²) in [6, 6.07) is 15.3. The fraction of sp³-hybridized carbons (Fsp3) is 0.118. The molecule has 2 atom stereocenters. The van der Waals surface area contributed by atoms with Crippen LogP contribution in [0.5, 0.6) is 0 Å². The van der Waals surface area contributed by atoms with Crippen LogP contribution < -0.4 is 0 Å². The maximum Gasteiger partial charge on any atom is 0.193 e. The fourth-order valence-electron chi connectivity index (χ4n) is 2.78. The van der Waals surface area contributed by atoms with Crippen molar-refractivity contribution in [1.82, 2.24) is 0 Å². The summed E-state index contributed by atoms with van der Waals surface area (Å²) in [5, 5.41) is 0. The molecule has 0 spiro atoms. The Hall–Kier alpha value is -2.19. The van der Waals surface area contributed by atoms with Crippen LogP contribution in [0.4, 0.5) is 0 Å². The van der Waals surface area contributed by atoms with E-state index in [1.165, 1.54) is 5.56 Å². The maximum absolute atomic E-state index is 12.4. The van der Waals surface area contributed by atoms with Gasteiger partial charge in [0.05, 0.1) is 0 Å². The van der Waals surface area contributed by atoms with E-state index in [-0.39, 0.29) is 18.0 Å². The fourth-order valence-corrected chi connectivity index (χ4v) is 2.78. The van der Waals surface area contributed by atoms with Gasteiger partial charge >= 0.3 is 0 Å². The molecule has 2 nitrogen and oxygen atoms in total. The Balaban J connectivity index is 1.75. The van der Waals surface area contributed by atoms with Crippen LogP contribution in [0.15, 0.2) is 60.7 Å². The van der Waals surface area contributed by atoms with Crippen molar-refractivity contribution in [2.24, 2.45) is 0 Å². The van der Waals surface area contributed by atoms with E-state index in [0.29, 0.717) is 0 Å². The van der Waals surface area contributed by atoms with Gasteiger partial charge in [-0.2, -0.15) is 0 Å². The number of ketones is 1. The van der Waals surface area contributed by atoms with E-state index in [1.807, 2.05) is 48.5 Å². The first kappa shape index (κ1) is 10.7. The van der Waals surface area contributed by atoms with E-state index in [1.54, 1.807) is 0 Å². The van der Waals surface area contributed by atoms with Crippen molar-refractivity contribution in [2.75, 3.05) is 0 Å². The molecule has 0 N–H and O–H groups in total. The lowest BCUT2D eigenvalue weighted by atomic mass is 9.92. The zero-order valence-electron chi connectivity index (χ0n) is 10.2. The summed E-state index contributed by atoms with van der Waals surface area (Å²) >= 11 is 0. The number of carbonyl (C=O) groups excluding carboxylic acids is 1. The molecule has 0 amide bonds. The highest BCUT2D eigenvalue weighted by Crippen LogP contribution is 2.45. The summed E-state index contributed by atoms with van der Waals surface area (Å²) in [5.41, 5.74) is 3.78. The maximum atomic E-state index is 12.4. The summed E-state index contributed by atoms with van der Waals surface area (Å²) in [6.45, 7) is 0. The van der Waals surface area contributed by atoms with E-state index in [2.05, 4.69) is 12.2 Å². The van der Waals surface area contributed by atoms with Crippen molar-refractivity contribution in [3.63, 3.8) is 0 Å². The Morgan fingerprint density at radius 2 is 1.58 bits per heavy atom.